The molecule has 7 nitrogen and oxygen atoms in total. The lowest BCUT2D eigenvalue weighted by molar-refractivity contribution is -0.133. The quantitative estimate of drug-likeness (QED) is 0.448. The second-order valence-electron chi connectivity index (χ2n) is 5.37. The zero-order valence-electron chi connectivity index (χ0n) is 11.4. The zero-order chi connectivity index (χ0) is 15.6. The minimum absolute atomic E-state index is 0.0301. The molecule has 0 aliphatic carbocycles. The van der Waals surface area contributed by atoms with Gasteiger partial charge in [0.05, 0.1) is 18.1 Å². The standard InChI is InChI=1S/C12H14ClN5O2/c1-11(2,6-14)16-17-12(3,7-15)5-8-4-9(19)18(13)10(8)20/h8H,4-5H2,1-3H3. The first-order valence-electron chi connectivity index (χ1n) is 5.93. The van der Waals surface area contributed by atoms with Crippen molar-refractivity contribution in [2.24, 2.45) is 16.1 Å². The van der Waals surface area contributed by atoms with E-state index in [9.17, 15) is 14.9 Å². The largest absolute Gasteiger partial charge is 0.273 e. The molecule has 106 valence electrons. The summed E-state index contributed by atoms with van der Waals surface area (Å²) < 4.78 is 0.540. The highest BCUT2D eigenvalue weighted by Crippen LogP contribution is 2.31. The van der Waals surface area contributed by atoms with E-state index in [4.69, 9.17) is 17.0 Å². The fourth-order valence-corrected chi connectivity index (χ4v) is 1.87. The van der Waals surface area contributed by atoms with Crippen LogP contribution < -0.4 is 0 Å². The summed E-state index contributed by atoms with van der Waals surface area (Å²) in [6.45, 7) is 4.61. The van der Waals surface area contributed by atoms with Gasteiger partial charge in [0.1, 0.15) is 0 Å². The first-order valence-corrected chi connectivity index (χ1v) is 6.27. The lowest BCUT2D eigenvalue weighted by Gasteiger charge is -2.19. The van der Waals surface area contributed by atoms with Gasteiger partial charge in [0.25, 0.3) is 0 Å². The maximum absolute atomic E-state index is 11.7. The highest BCUT2D eigenvalue weighted by Gasteiger charge is 2.42. The van der Waals surface area contributed by atoms with Crippen molar-refractivity contribution in [3.05, 3.63) is 0 Å². The van der Waals surface area contributed by atoms with E-state index >= 15 is 0 Å². The minimum Gasteiger partial charge on any atom is -0.273 e. The monoisotopic (exact) mass is 295 g/mol. The van der Waals surface area contributed by atoms with E-state index < -0.39 is 28.8 Å². The van der Waals surface area contributed by atoms with Crippen molar-refractivity contribution in [3.8, 4) is 12.1 Å². The van der Waals surface area contributed by atoms with E-state index in [2.05, 4.69) is 10.2 Å². The summed E-state index contributed by atoms with van der Waals surface area (Å²) in [7, 11) is 0. The number of imide groups is 1. The van der Waals surface area contributed by atoms with Crippen LogP contribution in [0.25, 0.3) is 0 Å². The summed E-state index contributed by atoms with van der Waals surface area (Å²) in [6.07, 6.45) is -0.0148. The number of hydrogen-bond acceptors (Lipinski definition) is 6. The van der Waals surface area contributed by atoms with Crippen molar-refractivity contribution >= 4 is 23.6 Å². The van der Waals surface area contributed by atoms with Gasteiger partial charge in [-0.05, 0) is 27.2 Å². The zero-order valence-corrected chi connectivity index (χ0v) is 12.2. The van der Waals surface area contributed by atoms with E-state index in [-0.39, 0.29) is 12.8 Å². The summed E-state index contributed by atoms with van der Waals surface area (Å²) in [5.41, 5.74) is -2.33. The number of nitriles is 2. The van der Waals surface area contributed by atoms with E-state index in [0.29, 0.717) is 4.42 Å². The highest BCUT2D eigenvalue weighted by atomic mass is 35.5. The second-order valence-corrected chi connectivity index (χ2v) is 5.71. The van der Waals surface area contributed by atoms with Gasteiger partial charge in [-0.3, -0.25) is 9.59 Å². The third kappa shape index (κ3) is 3.52. The lowest BCUT2D eigenvalue weighted by atomic mass is 9.90. The van der Waals surface area contributed by atoms with Gasteiger partial charge in [-0.15, -0.1) is 0 Å². The van der Waals surface area contributed by atoms with Crippen LogP contribution in [0, 0.1) is 28.6 Å². The van der Waals surface area contributed by atoms with Crippen LogP contribution in [0.15, 0.2) is 10.2 Å². The molecule has 8 heteroatoms. The van der Waals surface area contributed by atoms with Crippen LogP contribution in [0.1, 0.15) is 33.6 Å². The second kappa shape index (κ2) is 5.56. The molecule has 2 amide bonds. The number of hydrogen-bond donors (Lipinski definition) is 0. The Morgan fingerprint density at radius 1 is 1.30 bits per heavy atom. The third-order valence-corrected chi connectivity index (χ3v) is 3.22. The Morgan fingerprint density at radius 2 is 1.90 bits per heavy atom. The van der Waals surface area contributed by atoms with Crippen LogP contribution in [0.2, 0.25) is 0 Å². The van der Waals surface area contributed by atoms with E-state index in [0.717, 1.165) is 0 Å². The number of amides is 2. The Hall–Kier alpha value is -1.99. The van der Waals surface area contributed by atoms with Gasteiger partial charge in [0, 0.05) is 18.2 Å². The van der Waals surface area contributed by atoms with E-state index in [1.54, 1.807) is 13.8 Å². The van der Waals surface area contributed by atoms with Crippen molar-refractivity contribution in [2.75, 3.05) is 0 Å². The summed E-state index contributed by atoms with van der Waals surface area (Å²) in [4.78, 5) is 23.0. The SMILES string of the molecule is CC(C)(C#N)N=NC(C)(C#N)CC1CC(=O)N(Cl)C1=O. The molecule has 20 heavy (non-hydrogen) atoms. The topological polar surface area (TPSA) is 110 Å². The summed E-state index contributed by atoms with van der Waals surface area (Å²) in [6, 6.07) is 3.89. The van der Waals surface area contributed by atoms with E-state index in [1.807, 2.05) is 12.1 Å². The molecule has 0 aromatic heterocycles. The molecule has 0 spiro atoms. The van der Waals surface area contributed by atoms with Gasteiger partial charge in [-0.2, -0.15) is 25.2 Å². The third-order valence-electron chi connectivity index (χ3n) is 2.86. The number of azo groups is 1. The molecule has 1 saturated heterocycles. The fraction of sp³-hybridized carbons (Fsp3) is 0.667. The molecule has 0 bridgehead atoms. The molecule has 1 fully saturated rings. The molecule has 2 atom stereocenters. The van der Waals surface area contributed by atoms with Gasteiger partial charge in [0.2, 0.25) is 11.8 Å². The van der Waals surface area contributed by atoms with Crippen LogP contribution in [0.3, 0.4) is 0 Å². The van der Waals surface area contributed by atoms with Crippen LogP contribution in [-0.2, 0) is 9.59 Å². The minimum atomic E-state index is -1.28. The van der Waals surface area contributed by atoms with Crippen molar-refractivity contribution in [1.82, 2.24) is 4.42 Å². The number of halogens is 1. The van der Waals surface area contributed by atoms with Crippen molar-refractivity contribution in [3.63, 3.8) is 0 Å². The molecular weight excluding hydrogens is 282 g/mol. The predicted octanol–water partition coefficient (Wildman–Crippen LogP) is 1.94. The molecule has 2 unspecified atom stereocenters. The molecule has 1 aliphatic rings. The summed E-state index contributed by atoms with van der Waals surface area (Å²) >= 11 is 5.51. The Bertz CT molecular complexity index is 545. The van der Waals surface area contributed by atoms with Crippen LogP contribution in [0.5, 0.6) is 0 Å². The molecule has 0 aromatic rings. The smallest absolute Gasteiger partial charge is 0.247 e. The average molecular weight is 296 g/mol. The molecule has 0 radical (unpaired) electrons. The molecule has 0 saturated carbocycles. The molecule has 1 aliphatic heterocycles. The van der Waals surface area contributed by atoms with E-state index in [1.165, 1.54) is 6.92 Å². The molecule has 1 heterocycles. The number of rotatable bonds is 4. The number of carbonyl (C=O) groups excluding carboxylic acids is 2. The first-order chi connectivity index (χ1) is 9.14. The fourth-order valence-electron chi connectivity index (χ4n) is 1.67. The van der Waals surface area contributed by atoms with Crippen LogP contribution in [-0.4, -0.2) is 27.3 Å². The van der Waals surface area contributed by atoms with Gasteiger partial charge in [-0.1, -0.05) is 0 Å². The van der Waals surface area contributed by atoms with Crippen molar-refractivity contribution < 1.29 is 9.59 Å². The summed E-state index contributed by atoms with van der Waals surface area (Å²) in [5.74, 6) is -1.71. The van der Waals surface area contributed by atoms with Gasteiger partial charge in [-0.25, -0.2) is 0 Å². The van der Waals surface area contributed by atoms with Crippen molar-refractivity contribution in [1.29, 1.82) is 10.5 Å². The van der Waals surface area contributed by atoms with Gasteiger partial charge >= 0.3 is 0 Å². The Labute approximate surface area is 121 Å². The average Bonchev–Trinajstić information content (AvgIpc) is 2.64. The van der Waals surface area contributed by atoms with Crippen LogP contribution in [0.4, 0.5) is 0 Å². The molecular formula is C12H14ClN5O2. The number of nitrogens with zero attached hydrogens (tertiary/aromatic N) is 5. The maximum Gasteiger partial charge on any atom is 0.247 e. The number of carbonyl (C=O) groups is 2. The molecule has 0 aromatic carbocycles. The first kappa shape index (κ1) is 16.1. The summed E-state index contributed by atoms with van der Waals surface area (Å²) in [5, 5.41) is 25.8. The Balaban J connectivity index is 2.88. The van der Waals surface area contributed by atoms with Crippen LogP contribution >= 0.6 is 11.8 Å². The molecule has 1 rings (SSSR count). The van der Waals surface area contributed by atoms with Gasteiger partial charge < -0.3 is 0 Å². The normalized spacial score (nSPS) is 22.7. The van der Waals surface area contributed by atoms with Crippen molar-refractivity contribution in [2.45, 2.75) is 44.7 Å². The predicted molar refractivity (Wildman–Crippen MR) is 69.0 cm³/mol. The Kier molecular flexibility index (Phi) is 4.46. The van der Waals surface area contributed by atoms with Gasteiger partial charge in [0.15, 0.2) is 11.1 Å². The highest BCUT2D eigenvalue weighted by molar-refractivity contribution is 6.32. The Morgan fingerprint density at radius 3 is 2.30 bits per heavy atom. The lowest BCUT2D eigenvalue weighted by Crippen LogP contribution is -2.28. The molecule has 0 N–H and O–H groups in total. The maximum atomic E-state index is 11.7.